The summed E-state index contributed by atoms with van der Waals surface area (Å²) in [5, 5.41) is 9.58. The number of nitrogens with two attached hydrogens (primary N) is 1. The zero-order valence-electron chi connectivity index (χ0n) is 20.2. The van der Waals surface area contributed by atoms with E-state index in [1.807, 2.05) is 36.5 Å². The van der Waals surface area contributed by atoms with Crippen LogP contribution in [0.4, 0.5) is 0 Å². The van der Waals surface area contributed by atoms with Gasteiger partial charge in [0.2, 0.25) is 11.8 Å². The summed E-state index contributed by atoms with van der Waals surface area (Å²) in [5.41, 5.74) is 8.84. The summed E-state index contributed by atoms with van der Waals surface area (Å²) in [6.45, 7) is 2.51. The monoisotopic (exact) mass is 470 g/mol. The van der Waals surface area contributed by atoms with E-state index in [4.69, 9.17) is 5.73 Å². The van der Waals surface area contributed by atoms with Gasteiger partial charge in [-0.25, -0.2) is 0 Å². The van der Waals surface area contributed by atoms with Crippen LogP contribution in [0.15, 0.2) is 72.9 Å². The second kappa shape index (κ2) is 11.7. The molecule has 0 saturated heterocycles. The molecule has 3 aromatic carbocycles. The largest absolute Gasteiger partial charge is 0.361 e. The van der Waals surface area contributed by atoms with Crippen LogP contribution < -0.4 is 16.4 Å². The first-order chi connectivity index (χ1) is 17.1. The lowest BCUT2D eigenvalue weighted by Gasteiger charge is -2.23. The number of aromatic amines is 1. The summed E-state index contributed by atoms with van der Waals surface area (Å²) in [5.74, 6) is -0.313. The van der Waals surface area contributed by atoms with E-state index in [1.165, 1.54) is 10.9 Å². The summed E-state index contributed by atoms with van der Waals surface area (Å²) in [6, 6.07) is 21.8. The quantitative estimate of drug-likeness (QED) is 0.264. The average Bonchev–Trinajstić information content (AvgIpc) is 3.29. The number of fused-ring (bicyclic) bond motifs is 2. The average molecular weight is 471 g/mol. The van der Waals surface area contributed by atoms with Crippen molar-refractivity contribution in [2.45, 2.75) is 51.1 Å². The lowest BCUT2D eigenvalue weighted by atomic mass is 9.99. The Bertz CT molecular complexity index is 1300. The van der Waals surface area contributed by atoms with E-state index in [9.17, 15) is 9.59 Å². The molecule has 0 saturated carbocycles. The van der Waals surface area contributed by atoms with Gasteiger partial charge in [-0.05, 0) is 53.8 Å². The number of amides is 2. The Balaban J connectivity index is 1.50. The molecule has 1 aromatic heterocycles. The molecule has 4 rings (SSSR count). The predicted molar refractivity (Wildman–Crippen MR) is 142 cm³/mol. The van der Waals surface area contributed by atoms with Gasteiger partial charge in [0.05, 0.1) is 0 Å². The summed E-state index contributed by atoms with van der Waals surface area (Å²) >= 11 is 0. The van der Waals surface area contributed by atoms with E-state index in [-0.39, 0.29) is 17.9 Å². The van der Waals surface area contributed by atoms with E-state index >= 15 is 0 Å². The van der Waals surface area contributed by atoms with E-state index in [2.05, 4.69) is 58.9 Å². The van der Waals surface area contributed by atoms with E-state index < -0.39 is 6.04 Å². The third-order valence-electron chi connectivity index (χ3n) is 6.49. The van der Waals surface area contributed by atoms with Gasteiger partial charge in [0.15, 0.2) is 0 Å². The van der Waals surface area contributed by atoms with Gasteiger partial charge >= 0.3 is 0 Å². The second-order valence-corrected chi connectivity index (χ2v) is 9.08. The van der Waals surface area contributed by atoms with Crippen molar-refractivity contribution in [2.75, 3.05) is 6.54 Å². The Morgan fingerprint density at radius 2 is 1.71 bits per heavy atom. The highest BCUT2D eigenvalue weighted by atomic mass is 16.2. The van der Waals surface area contributed by atoms with E-state index in [0.29, 0.717) is 25.8 Å². The molecule has 0 aliphatic rings. The maximum Gasteiger partial charge on any atom is 0.243 e. The Hall–Kier alpha value is -3.64. The molecule has 2 atom stereocenters. The molecule has 5 N–H and O–H groups in total. The van der Waals surface area contributed by atoms with Crippen LogP contribution >= 0.6 is 0 Å². The van der Waals surface area contributed by atoms with Crippen LogP contribution in [0.1, 0.15) is 37.3 Å². The molecule has 6 heteroatoms. The van der Waals surface area contributed by atoms with Gasteiger partial charge in [-0.2, -0.15) is 0 Å². The number of rotatable bonds is 11. The number of carbonyl (C=O) groups excluding carboxylic acids is 2. The highest BCUT2D eigenvalue weighted by Crippen LogP contribution is 2.20. The molecular weight excluding hydrogens is 436 g/mol. The third-order valence-corrected chi connectivity index (χ3v) is 6.49. The van der Waals surface area contributed by atoms with Crippen molar-refractivity contribution >= 4 is 33.5 Å². The highest BCUT2D eigenvalue weighted by Gasteiger charge is 2.24. The normalized spacial score (nSPS) is 13.0. The molecule has 0 radical (unpaired) electrons. The summed E-state index contributed by atoms with van der Waals surface area (Å²) in [6.07, 6.45) is 4.85. The Morgan fingerprint density at radius 3 is 2.51 bits per heavy atom. The number of para-hydroxylation sites is 1. The Labute approximate surface area is 206 Å². The maximum atomic E-state index is 13.4. The van der Waals surface area contributed by atoms with Crippen molar-refractivity contribution < 1.29 is 9.59 Å². The molecule has 182 valence electrons. The fraction of sp³-hybridized carbons (Fsp3) is 0.310. The molecule has 1 heterocycles. The first-order valence-corrected chi connectivity index (χ1v) is 12.4. The van der Waals surface area contributed by atoms with Crippen LogP contribution in [0.25, 0.3) is 21.7 Å². The van der Waals surface area contributed by atoms with Crippen molar-refractivity contribution in [1.82, 2.24) is 15.6 Å². The summed E-state index contributed by atoms with van der Waals surface area (Å²) in [4.78, 5) is 29.3. The molecule has 6 nitrogen and oxygen atoms in total. The maximum absolute atomic E-state index is 13.4. The molecule has 35 heavy (non-hydrogen) atoms. The van der Waals surface area contributed by atoms with Crippen LogP contribution in [0.2, 0.25) is 0 Å². The van der Waals surface area contributed by atoms with Gasteiger partial charge in [-0.1, -0.05) is 67.6 Å². The van der Waals surface area contributed by atoms with Crippen molar-refractivity contribution in [1.29, 1.82) is 0 Å². The minimum atomic E-state index is -0.654. The number of H-pyrrole nitrogens is 1. The molecule has 0 aliphatic carbocycles. The first-order valence-electron chi connectivity index (χ1n) is 12.4. The lowest BCUT2D eigenvalue weighted by Crippen LogP contribution is -2.51. The SMILES string of the molecule is CCC(Cc1c[nH]c2ccccc12)NC(=O)C(Cc1ccc2ccccc2c1)NC(=O)CCCN. The Morgan fingerprint density at radius 1 is 0.943 bits per heavy atom. The van der Waals surface area contributed by atoms with Crippen molar-refractivity contribution in [3.8, 4) is 0 Å². The molecule has 2 amide bonds. The van der Waals surface area contributed by atoms with Crippen LogP contribution in [0, 0.1) is 0 Å². The van der Waals surface area contributed by atoms with Gasteiger partial charge in [0.25, 0.3) is 0 Å². The zero-order valence-corrected chi connectivity index (χ0v) is 20.2. The number of hydrogen-bond donors (Lipinski definition) is 4. The van der Waals surface area contributed by atoms with Gasteiger partial charge in [-0.3, -0.25) is 9.59 Å². The predicted octanol–water partition coefficient (Wildman–Crippen LogP) is 4.22. The Kier molecular flexibility index (Phi) is 8.16. The fourth-order valence-corrected chi connectivity index (χ4v) is 4.51. The topological polar surface area (TPSA) is 100 Å². The number of nitrogens with one attached hydrogen (secondary N) is 3. The minimum absolute atomic E-state index is 0.0400. The molecule has 0 fully saturated rings. The van der Waals surface area contributed by atoms with Gasteiger partial charge in [0.1, 0.15) is 6.04 Å². The van der Waals surface area contributed by atoms with Crippen molar-refractivity contribution in [3.63, 3.8) is 0 Å². The molecule has 0 aliphatic heterocycles. The molecule has 4 aromatic rings. The van der Waals surface area contributed by atoms with Crippen molar-refractivity contribution in [2.24, 2.45) is 5.73 Å². The standard InChI is InChI=1S/C29H34N4O2/c1-2-24(18-23-19-31-26-11-6-5-10-25(23)26)32-29(35)27(33-28(34)12-7-15-30)17-20-13-14-21-8-3-4-9-22(21)16-20/h3-6,8-11,13-14,16,19,24,27,31H,2,7,12,15,17-18,30H2,1H3,(H,32,35)(H,33,34). The first kappa shape index (κ1) is 24.5. The van der Waals surface area contributed by atoms with Gasteiger partial charge in [-0.15, -0.1) is 0 Å². The van der Waals surface area contributed by atoms with E-state index in [1.54, 1.807) is 0 Å². The molecule has 0 spiro atoms. The van der Waals surface area contributed by atoms with Gasteiger partial charge < -0.3 is 21.4 Å². The smallest absolute Gasteiger partial charge is 0.243 e. The van der Waals surface area contributed by atoms with Crippen molar-refractivity contribution in [3.05, 3.63) is 84.1 Å². The number of hydrogen-bond acceptors (Lipinski definition) is 3. The van der Waals surface area contributed by atoms with Gasteiger partial charge in [0, 0.05) is 36.0 Å². The van der Waals surface area contributed by atoms with E-state index in [0.717, 1.165) is 34.7 Å². The fourth-order valence-electron chi connectivity index (χ4n) is 4.51. The van der Waals surface area contributed by atoms with Crippen LogP contribution in [-0.4, -0.2) is 35.4 Å². The summed E-state index contributed by atoms with van der Waals surface area (Å²) < 4.78 is 0. The van der Waals surface area contributed by atoms with Crippen LogP contribution in [0.3, 0.4) is 0 Å². The number of benzene rings is 3. The second-order valence-electron chi connectivity index (χ2n) is 9.08. The number of aromatic nitrogens is 1. The summed E-state index contributed by atoms with van der Waals surface area (Å²) in [7, 11) is 0. The highest BCUT2D eigenvalue weighted by molar-refractivity contribution is 5.89. The number of carbonyl (C=O) groups is 2. The minimum Gasteiger partial charge on any atom is -0.361 e. The van der Waals surface area contributed by atoms with Crippen LogP contribution in [0.5, 0.6) is 0 Å². The molecule has 2 unspecified atom stereocenters. The lowest BCUT2D eigenvalue weighted by molar-refractivity contribution is -0.129. The zero-order chi connectivity index (χ0) is 24.6. The molecule has 0 bridgehead atoms. The molecular formula is C29H34N4O2. The van der Waals surface area contributed by atoms with Crippen LogP contribution in [-0.2, 0) is 22.4 Å². The third kappa shape index (κ3) is 6.28.